The molecule has 2 heterocycles. The molecule has 1 amide bonds. The molecule has 8 heteroatoms. The molecule has 2 aromatic heterocycles. The lowest BCUT2D eigenvalue weighted by Crippen LogP contribution is -2.40. The maximum Gasteiger partial charge on any atom is 0.388 e. The van der Waals surface area contributed by atoms with E-state index in [2.05, 4.69) is 20.0 Å². The van der Waals surface area contributed by atoms with Crippen molar-refractivity contribution >= 4 is 17.2 Å². The smallest absolute Gasteiger partial charge is 0.388 e. The maximum atomic E-state index is 12.2. The van der Waals surface area contributed by atoms with Gasteiger partial charge in [-0.05, 0) is 26.8 Å². The Hall–Kier alpha value is -2.09. The number of hydrogen-bond donors (Lipinski definition) is 1. The van der Waals surface area contributed by atoms with Gasteiger partial charge in [-0.1, -0.05) is 0 Å². The number of nitrogens with zero attached hydrogens (tertiary/aromatic N) is 2. The first-order chi connectivity index (χ1) is 10.3. The lowest BCUT2D eigenvalue weighted by Gasteiger charge is -2.23. The molecule has 0 saturated heterocycles. The van der Waals surface area contributed by atoms with Gasteiger partial charge in [-0.3, -0.25) is 4.79 Å². The SMILES string of the molecule is Cc1cnc(C(C)(C)NC(=O)c2ccc(OC(F)F)nc2)s1. The van der Waals surface area contributed by atoms with Gasteiger partial charge in [0.1, 0.15) is 5.01 Å². The van der Waals surface area contributed by atoms with Gasteiger partial charge in [0.05, 0.1) is 11.1 Å². The van der Waals surface area contributed by atoms with E-state index >= 15 is 0 Å². The first kappa shape index (κ1) is 16.3. The van der Waals surface area contributed by atoms with E-state index < -0.39 is 12.2 Å². The Labute approximate surface area is 130 Å². The van der Waals surface area contributed by atoms with E-state index in [9.17, 15) is 13.6 Å². The van der Waals surface area contributed by atoms with Crippen molar-refractivity contribution in [3.63, 3.8) is 0 Å². The quantitative estimate of drug-likeness (QED) is 0.916. The second kappa shape index (κ2) is 6.35. The normalized spacial score (nSPS) is 11.5. The summed E-state index contributed by atoms with van der Waals surface area (Å²) in [5.41, 5.74) is -0.392. The van der Waals surface area contributed by atoms with Crippen LogP contribution in [0.3, 0.4) is 0 Å². The third kappa shape index (κ3) is 3.97. The van der Waals surface area contributed by atoms with E-state index in [4.69, 9.17) is 0 Å². The van der Waals surface area contributed by atoms with Crippen LogP contribution in [0.5, 0.6) is 5.88 Å². The highest BCUT2D eigenvalue weighted by atomic mass is 32.1. The van der Waals surface area contributed by atoms with Crippen LogP contribution in [0.4, 0.5) is 8.78 Å². The Morgan fingerprint density at radius 2 is 2.05 bits per heavy atom. The predicted molar refractivity (Wildman–Crippen MR) is 78.2 cm³/mol. The molecule has 0 aliphatic heterocycles. The molecule has 2 rings (SSSR count). The average molecular weight is 327 g/mol. The molecule has 2 aromatic rings. The predicted octanol–water partition coefficient (Wildman–Crippen LogP) is 3.11. The topological polar surface area (TPSA) is 64.1 Å². The fourth-order valence-corrected chi connectivity index (χ4v) is 2.55. The molecule has 0 atom stereocenters. The van der Waals surface area contributed by atoms with Gasteiger partial charge in [-0.25, -0.2) is 9.97 Å². The van der Waals surface area contributed by atoms with Crippen molar-refractivity contribution in [3.8, 4) is 5.88 Å². The van der Waals surface area contributed by atoms with Crippen LogP contribution in [0, 0.1) is 6.92 Å². The van der Waals surface area contributed by atoms with Gasteiger partial charge < -0.3 is 10.1 Å². The molecule has 1 N–H and O–H groups in total. The van der Waals surface area contributed by atoms with Crippen LogP contribution in [0.25, 0.3) is 0 Å². The zero-order valence-corrected chi connectivity index (χ0v) is 13.1. The van der Waals surface area contributed by atoms with Gasteiger partial charge in [0.25, 0.3) is 5.91 Å². The molecule has 5 nitrogen and oxygen atoms in total. The molecule has 118 valence electrons. The van der Waals surface area contributed by atoms with Crippen molar-refractivity contribution in [2.24, 2.45) is 0 Å². The number of amides is 1. The monoisotopic (exact) mass is 327 g/mol. The van der Waals surface area contributed by atoms with Crippen molar-refractivity contribution in [1.29, 1.82) is 0 Å². The number of hydrogen-bond acceptors (Lipinski definition) is 5. The highest BCUT2D eigenvalue weighted by Crippen LogP contribution is 2.25. The van der Waals surface area contributed by atoms with E-state index in [-0.39, 0.29) is 17.4 Å². The number of halogens is 2. The van der Waals surface area contributed by atoms with E-state index in [0.717, 1.165) is 9.88 Å². The van der Waals surface area contributed by atoms with Crippen molar-refractivity contribution in [3.05, 3.63) is 40.0 Å². The molecule has 22 heavy (non-hydrogen) atoms. The van der Waals surface area contributed by atoms with Crippen molar-refractivity contribution in [2.45, 2.75) is 32.9 Å². The number of carbonyl (C=O) groups excluding carboxylic acids is 1. The summed E-state index contributed by atoms with van der Waals surface area (Å²) >= 11 is 1.50. The third-order valence-electron chi connectivity index (χ3n) is 2.79. The Morgan fingerprint density at radius 3 is 2.55 bits per heavy atom. The fraction of sp³-hybridized carbons (Fsp3) is 0.357. The highest BCUT2D eigenvalue weighted by Gasteiger charge is 2.26. The fourth-order valence-electron chi connectivity index (χ4n) is 1.73. The minimum absolute atomic E-state index is 0.235. The first-order valence-corrected chi connectivity index (χ1v) is 7.26. The summed E-state index contributed by atoms with van der Waals surface area (Å²) in [4.78, 5) is 21.2. The van der Waals surface area contributed by atoms with Gasteiger partial charge >= 0.3 is 6.61 Å². The molecule has 0 aromatic carbocycles. The molecule has 0 saturated carbocycles. The number of thiazole rings is 1. The summed E-state index contributed by atoms with van der Waals surface area (Å²) in [6.07, 6.45) is 2.93. The van der Waals surface area contributed by atoms with Crippen LogP contribution < -0.4 is 10.1 Å². The number of alkyl halides is 2. The molecule has 0 aliphatic carbocycles. The molecule has 0 radical (unpaired) electrons. The standard InChI is InChI=1S/C14H15F2N3O2S/c1-8-6-18-12(22-8)14(2,3)19-11(20)9-4-5-10(17-7-9)21-13(15)16/h4-7,13H,1-3H3,(H,19,20). The summed E-state index contributed by atoms with van der Waals surface area (Å²) in [6.45, 7) is 2.67. The largest absolute Gasteiger partial charge is 0.417 e. The van der Waals surface area contributed by atoms with Gasteiger partial charge in [0.2, 0.25) is 5.88 Å². The number of rotatable bonds is 5. The van der Waals surface area contributed by atoms with Gasteiger partial charge in [-0.2, -0.15) is 8.78 Å². The molecule has 0 spiro atoms. The lowest BCUT2D eigenvalue weighted by molar-refractivity contribution is -0.0528. The van der Waals surface area contributed by atoms with Crippen LogP contribution in [0.1, 0.15) is 34.1 Å². The number of ether oxygens (including phenoxy) is 1. The molecule has 0 aliphatic rings. The lowest BCUT2D eigenvalue weighted by atomic mass is 10.1. The van der Waals surface area contributed by atoms with Gasteiger partial charge in [-0.15, -0.1) is 11.3 Å². The second-order valence-electron chi connectivity index (χ2n) is 5.12. The van der Waals surface area contributed by atoms with E-state index in [1.807, 2.05) is 20.8 Å². The Morgan fingerprint density at radius 1 is 1.32 bits per heavy atom. The summed E-state index contributed by atoms with van der Waals surface area (Å²) < 4.78 is 28.2. The number of pyridine rings is 1. The summed E-state index contributed by atoms with van der Waals surface area (Å²) in [6, 6.07) is 2.60. The highest BCUT2D eigenvalue weighted by molar-refractivity contribution is 7.11. The number of carbonyl (C=O) groups is 1. The van der Waals surface area contributed by atoms with Crippen LogP contribution in [0.2, 0.25) is 0 Å². The molecule has 0 fully saturated rings. The van der Waals surface area contributed by atoms with Crippen LogP contribution in [-0.4, -0.2) is 22.5 Å². The Kier molecular flexibility index (Phi) is 4.70. The average Bonchev–Trinajstić information content (AvgIpc) is 2.86. The number of aryl methyl sites for hydroxylation is 1. The van der Waals surface area contributed by atoms with Crippen LogP contribution in [-0.2, 0) is 5.54 Å². The molecular weight excluding hydrogens is 312 g/mol. The molecule has 0 unspecified atom stereocenters. The minimum Gasteiger partial charge on any atom is -0.417 e. The van der Waals surface area contributed by atoms with Gasteiger partial charge in [0.15, 0.2) is 0 Å². The number of aromatic nitrogens is 2. The summed E-state index contributed by atoms with van der Waals surface area (Å²) in [5, 5.41) is 3.62. The third-order valence-corrected chi connectivity index (χ3v) is 4.03. The van der Waals surface area contributed by atoms with Crippen LogP contribution >= 0.6 is 11.3 Å². The van der Waals surface area contributed by atoms with Crippen molar-refractivity contribution < 1.29 is 18.3 Å². The van der Waals surface area contributed by atoms with E-state index in [1.54, 1.807) is 6.20 Å². The molecular formula is C14H15F2N3O2S. The van der Waals surface area contributed by atoms with E-state index in [0.29, 0.717) is 0 Å². The summed E-state index contributed by atoms with van der Waals surface area (Å²) in [7, 11) is 0. The Bertz CT molecular complexity index is 656. The molecule has 0 bridgehead atoms. The maximum absolute atomic E-state index is 12.2. The van der Waals surface area contributed by atoms with Crippen molar-refractivity contribution in [2.75, 3.05) is 0 Å². The number of nitrogens with one attached hydrogen (secondary N) is 1. The zero-order valence-electron chi connectivity index (χ0n) is 12.3. The second-order valence-corrected chi connectivity index (χ2v) is 6.35. The minimum atomic E-state index is -2.95. The van der Waals surface area contributed by atoms with E-state index in [1.165, 1.54) is 29.7 Å². The zero-order chi connectivity index (χ0) is 16.3. The van der Waals surface area contributed by atoms with Gasteiger partial charge in [0, 0.05) is 23.3 Å². The Balaban J connectivity index is 2.08. The van der Waals surface area contributed by atoms with Crippen LogP contribution in [0.15, 0.2) is 24.5 Å². The summed E-state index contributed by atoms with van der Waals surface area (Å²) in [5.74, 6) is -0.602. The van der Waals surface area contributed by atoms with Crippen molar-refractivity contribution in [1.82, 2.24) is 15.3 Å². The first-order valence-electron chi connectivity index (χ1n) is 6.44.